The van der Waals surface area contributed by atoms with E-state index in [1.54, 1.807) is 61.5 Å². The lowest BCUT2D eigenvalue weighted by Gasteiger charge is -2.25. The molecule has 1 heterocycles. The highest BCUT2D eigenvalue weighted by Crippen LogP contribution is 2.32. The van der Waals surface area contributed by atoms with Crippen LogP contribution in [-0.2, 0) is 14.8 Å². The molecule has 1 N–H and O–H groups in total. The third-order valence-electron chi connectivity index (χ3n) is 4.80. The molecule has 3 aromatic rings. The lowest BCUT2D eigenvalue weighted by atomic mass is 10.2. The van der Waals surface area contributed by atoms with Gasteiger partial charge < -0.3 is 9.47 Å². The summed E-state index contributed by atoms with van der Waals surface area (Å²) in [5.74, 6) is 0.663. The number of fused-ring (bicyclic) bond motifs is 1. The first-order chi connectivity index (χ1) is 15.4. The van der Waals surface area contributed by atoms with E-state index in [9.17, 15) is 13.2 Å². The van der Waals surface area contributed by atoms with Crippen LogP contribution in [0.2, 0.25) is 0 Å². The first-order valence-electron chi connectivity index (χ1n) is 9.80. The second kappa shape index (κ2) is 9.11. The number of nitrogens with zero attached hydrogens (tertiary/aromatic N) is 2. The van der Waals surface area contributed by atoms with Gasteiger partial charge in [-0.1, -0.05) is 36.4 Å². The number of aryl methyl sites for hydroxylation is 1. The van der Waals surface area contributed by atoms with Gasteiger partial charge in [0.15, 0.2) is 11.5 Å². The molecule has 32 heavy (non-hydrogen) atoms. The molecule has 9 heteroatoms. The highest BCUT2D eigenvalue weighted by atomic mass is 32.2. The van der Waals surface area contributed by atoms with Gasteiger partial charge in [0.25, 0.3) is 15.9 Å². The second-order valence-corrected chi connectivity index (χ2v) is 8.88. The molecule has 0 saturated carbocycles. The molecule has 0 bridgehead atoms. The van der Waals surface area contributed by atoms with Crippen molar-refractivity contribution in [3.05, 3.63) is 83.9 Å². The van der Waals surface area contributed by atoms with Crippen molar-refractivity contribution in [1.29, 1.82) is 0 Å². The third kappa shape index (κ3) is 4.57. The topological polar surface area (TPSA) is 97.3 Å². The Morgan fingerprint density at radius 1 is 1.03 bits per heavy atom. The molecule has 0 aromatic heterocycles. The quantitative estimate of drug-likeness (QED) is 0.440. The molecule has 164 valence electrons. The SMILES string of the molecule is Cc1ccccc1N(CC(=O)N/N=C/c1ccc2c(c1)OCO2)S(=O)(=O)c1ccccc1. The summed E-state index contributed by atoms with van der Waals surface area (Å²) in [5.41, 5.74) is 4.24. The number of carbonyl (C=O) groups excluding carboxylic acids is 1. The summed E-state index contributed by atoms with van der Waals surface area (Å²) < 4.78 is 38.3. The van der Waals surface area contributed by atoms with Crippen molar-refractivity contribution in [1.82, 2.24) is 5.43 Å². The van der Waals surface area contributed by atoms with Crippen LogP contribution < -0.4 is 19.2 Å². The molecule has 1 aliphatic heterocycles. The number of anilines is 1. The molecule has 0 saturated heterocycles. The summed E-state index contributed by atoms with van der Waals surface area (Å²) in [6.45, 7) is 1.52. The Balaban J connectivity index is 1.53. The summed E-state index contributed by atoms with van der Waals surface area (Å²) in [7, 11) is -3.97. The fourth-order valence-corrected chi connectivity index (χ4v) is 4.71. The summed E-state index contributed by atoms with van der Waals surface area (Å²) in [6.07, 6.45) is 1.45. The molecule has 0 unspecified atom stereocenters. The number of nitrogens with one attached hydrogen (secondary N) is 1. The lowest BCUT2D eigenvalue weighted by Crippen LogP contribution is -2.40. The number of amides is 1. The predicted octanol–water partition coefficient (Wildman–Crippen LogP) is 3.07. The highest BCUT2D eigenvalue weighted by Gasteiger charge is 2.28. The molecule has 0 spiro atoms. The van der Waals surface area contributed by atoms with Gasteiger partial charge >= 0.3 is 0 Å². The molecule has 0 atom stereocenters. The Labute approximate surface area is 186 Å². The van der Waals surface area contributed by atoms with Gasteiger partial charge in [0.05, 0.1) is 16.8 Å². The van der Waals surface area contributed by atoms with E-state index in [1.807, 2.05) is 6.07 Å². The van der Waals surface area contributed by atoms with Crippen molar-refractivity contribution in [2.45, 2.75) is 11.8 Å². The van der Waals surface area contributed by atoms with Crippen LogP contribution in [0.5, 0.6) is 11.5 Å². The van der Waals surface area contributed by atoms with E-state index in [4.69, 9.17) is 9.47 Å². The molecule has 1 amide bonds. The van der Waals surface area contributed by atoms with Gasteiger partial charge in [-0.2, -0.15) is 5.10 Å². The zero-order chi connectivity index (χ0) is 22.6. The number of carbonyl (C=O) groups is 1. The number of rotatable bonds is 7. The number of hydrazone groups is 1. The zero-order valence-electron chi connectivity index (χ0n) is 17.3. The minimum Gasteiger partial charge on any atom is -0.454 e. The minimum atomic E-state index is -3.97. The van der Waals surface area contributed by atoms with Crippen molar-refractivity contribution < 1.29 is 22.7 Å². The van der Waals surface area contributed by atoms with Crippen molar-refractivity contribution >= 4 is 27.8 Å². The maximum Gasteiger partial charge on any atom is 0.264 e. The molecule has 0 aliphatic carbocycles. The van der Waals surface area contributed by atoms with E-state index in [0.29, 0.717) is 22.7 Å². The summed E-state index contributed by atoms with van der Waals surface area (Å²) in [5, 5.41) is 3.95. The Hall–Kier alpha value is -3.85. The summed E-state index contributed by atoms with van der Waals surface area (Å²) in [6, 6.07) is 20.2. The number of hydrogen-bond acceptors (Lipinski definition) is 6. The first kappa shape index (κ1) is 21.4. The van der Waals surface area contributed by atoms with Crippen molar-refractivity contribution in [2.24, 2.45) is 5.10 Å². The maximum atomic E-state index is 13.3. The number of para-hydroxylation sites is 1. The van der Waals surface area contributed by atoms with E-state index >= 15 is 0 Å². The highest BCUT2D eigenvalue weighted by molar-refractivity contribution is 7.92. The Bertz CT molecular complexity index is 1260. The summed E-state index contributed by atoms with van der Waals surface area (Å²) in [4.78, 5) is 12.7. The van der Waals surface area contributed by atoms with E-state index in [1.165, 1.54) is 18.3 Å². The average molecular weight is 452 g/mol. The maximum absolute atomic E-state index is 13.3. The number of ether oxygens (including phenoxy) is 2. The Morgan fingerprint density at radius 2 is 1.75 bits per heavy atom. The van der Waals surface area contributed by atoms with Gasteiger partial charge in [0, 0.05) is 0 Å². The van der Waals surface area contributed by atoms with Gasteiger partial charge in [0.1, 0.15) is 6.54 Å². The van der Waals surface area contributed by atoms with Crippen LogP contribution in [0.1, 0.15) is 11.1 Å². The van der Waals surface area contributed by atoms with Crippen molar-refractivity contribution in [3.63, 3.8) is 0 Å². The van der Waals surface area contributed by atoms with Crippen LogP contribution in [0, 0.1) is 6.92 Å². The molecule has 0 fully saturated rings. The molecular weight excluding hydrogens is 430 g/mol. The van der Waals surface area contributed by atoms with E-state index < -0.39 is 22.5 Å². The van der Waals surface area contributed by atoms with Crippen LogP contribution in [0.3, 0.4) is 0 Å². The smallest absolute Gasteiger partial charge is 0.264 e. The van der Waals surface area contributed by atoms with E-state index in [-0.39, 0.29) is 11.7 Å². The van der Waals surface area contributed by atoms with Crippen LogP contribution in [0.4, 0.5) is 5.69 Å². The normalized spacial score (nSPS) is 12.7. The van der Waals surface area contributed by atoms with Gasteiger partial charge in [0.2, 0.25) is 6.79 Å². The second-order valence-electron chi connectivity index (χ2n) is 7.02. The average Bonchev–Trinajstić information content (AvgIpc) is 3.26. The van der Waals surface area contributed by atoms with Crippen LogP contribution >= 0.6 is 0 Å². The van der Waals surface area contributed by atoms with E-state index in [2.05, 4.69) is 10.5 Å². The molecule has 3 aromatic carbocycles. The fraction of sp³-hybridized carbons (Fsp3) is 0.130. The molecule has 1 aliphatic rings. The van der Waals surface area contributed by atoms with Gasteiger partial charge in [-0.3, -0.25) is 9.10 Å². The number of sulfonamides is 1. The zero-order valence-corrected chi connectivity index (χ0v) is 18.1. The molecule has 0 radical (unpaired) electrons. The Kier molecular flexibility index (Phi) is 6.09. The Morgan fingerprint density at radius 3 is 2.53 bits per heavy atom. The monoisotopic (exact) mass is 451 g/mol. The van der Waals surface area contributed by atoms with E-state index in [0.717, 1.165) is 9.87 Å². The predicted molar refractivity (Wildman–Crippen MR) is 120 cm³/mol. The lowest BCUT2D eigenvalue weighted by molar-refractivity contribution is -0.119. The molecular formula is C23H21N3O5S. The largest absolute Gasteiger partial charge is 0.454 e. The standard InChI is InChI=1S/C23H21N3O5S/c1-17-7-5-6-10-20(17)26(32(28,29)19-8-3-2-4-9-19)15-23(27)25-24-14-18-11-12-21-22(13-18)31-16-30-21/h2-14H,15-16H2,1H3,(H,25,27)/b24-14+. The van der Waals surface area contributed by atoms with Gasteiger partial charge in [-0.05, 0) is 54.4 Å². The fourth-order valence-electron chi connectivity index (χ4n) is 3.20. The number of benzene rings is 3. The summed E-state index contributed by atoms with van der Waals surface area (Å²) >= 11 is 0. The first-order valence-corrected chi connectivity index (χ1v) is 11.2. The van der Waals surface area contributed by atoms with Crippen LogP contribution in [0.25, 0.3) is 0 Å². The third-order valence-corrected chi connectivity index (χ3v) is 6.58. The van der Waals surface area contributed by atoms with Gasteiger partial charge in [-0.25, -0.2) is 13.8 Å². The number of hydrogen-bond donors (Lipinski definition) is 1. The molecule has 8 nitrogen and oxygen atoms in total. The van der Waals surface area contributed by atoms with Crippen molar-refractivity contribution in [2.75, 3.05) is 17.6 Å². The minimum absolute atomic E-state index is 0.0971. The van der Waals surface area contributed by atoms with Crippen molar-refractivity contribution in [3.8, 4) is 11.5 Å². The van der Waals surface area contributed by atoms with Crippen LogP contribution in [-0.4, -0.2) is 33.9 Å². The molecule has 4 rings (SSSR count). The van der Waals surface area contributed by atoms with Gasteiger partial charge in [-0.15, -0.1) is 0 Å². The van der Waals surface area contributed by atoms with Crippen LogP contribution in [0.15, 0.2) is 82.8 Å².